The van der Waals surface area contributed by atoms with Gasteiger partial charge in [-0.3, -0.25) is 19.3 Å². The van der Waals surface area contributed by atoms with E-state index >= 15 is 0 Å². The molecule has 0 spiro atoms. The highest BCUT2D eigenvalue weighted by Crippen LogP contribution is 2.14. The van der Waals surface area contributed by atoms with Crippen LogP contribution in [0.2, 0.25) is 0 Å². The number of ether oxygens (including phenoxy) is 1. The summed E-state index contributed by atoms with van der Waals surface area (Å²) < 4.78 is 5.28. The van der Waals surface area contributed by atoms with Gasteiger partial charge in [0.25, 0.3) is 0 Å². The van der Waals surface area contributed by atoms with Crippen molar-refractivity contribution in [3.8, 4) is 0 Å². The molecule has 0 aliphatic rings. The number of primary amides is 2. The average molecular weight is 566 g/mol. The first-order valence-electron chi connectivity index (χ1n) is 13.4. The smallest absolute Gasteiger partial charge is 0.410 e. The quantitative estimate of drug-likeness (QED) is 0.183. The Balaban J connectivity index is 0.00000742. The maximum Gasteiger partial charge on any atom is 0.410 e. The summed E-state index contributed by atoms with van der Waals surface area (Å²) in [4.78, 5) is 61.4. The summed E-state index contributed by atoms with van der Waals surface area (Å²) in [5.41, 5.74) is 17.5. The molecule has 226 valence electrons. The van der Waals surface area contributed by atoms with Crippen molar-refractivity contribution in [3.63, 3.8) is 0 Å². The van der Waals surface area contributed by atoms with Crippen LogP contribution in [0.15, 0.2) is 24.3 Å². The number of rotatable bonds is 14. The maximum absolute atomic E-state index is 12.9. The van der Waals surface area contributed by atoms with Crippen molar-refractivity contribution in [2.45, 2.75) is 79.1 Å². The summed E-state index contributed by atoms with van der Waals surface area (Å²) in [5, 5.41) is 7.85. The minimum absolute atomic E-state index is 0.0559. The number of amides is 6. The number of nitrogens with two attached hydrogens (primary N) is 3. The molecule has 3 unspecified atom stereocenters. The van der Waals surface area contributed by atoms with E-state index in [0.29, 0.717) is 17.7 Å². The number of hydrogen-bond acceptors (Lipinski definition) is 7. The van der Waals surface area contributed by atoms with E-state index in [1.165, 1.54) is 11.9 Å². The highest BCUT2D eigenvalue weighted by atomic mass is 16.6. The summed E-state index contributed by atoms with van der Waals surface area (Å²) in [6.07, 6.45) is -0.0546. The zero-order valence-electron chi connectivity index (χ0n) is 24.7. The predicted molar refractivity (Wildman–Crippen MR) is 154 cm³/mol. The highest BCUT2D eigenvalue weighted by molar-refractivity contribution is 5.97. The Hall–Kier alpha value is -3.87. The SMILES string of the molecule is CC.CC(C)C(N)C(=O)NC(CCCNC(N)=O)C(=O)Nc1ccc(COC(=O)N(C)C(C(N)=O)C(C)C)cc1. The van der Waals surface area contributed by atoms with E-state index in [0.717, 1.165) is 0 Å². The Morgan fingerprint density at radius 2 is 1.50 bits per heavy atom. The number of nitrogens with one attached hydrogen (secondary N) is 3. The number of carbonyl (C=O) groups is 5. The molecule has 40 heavy (non-hydrogen) atoms. The Bertz CT molecular complexity index is 969. The molecule has 0 fully saturated rings. The van der Waals surface area contributed by atoms with Gasteiger partial charge in [0.1, 0.15) is 18.7 Å². The molecule has 0 heterocycles. The van der Waals surface area contributed by atoms with Crippen LogP contribution in [-0.4, -0.2) is 66.5 Å². The van der Waals surface area contributed by atoms with Crippen LogP contribution >= 0.6 is 0 Å². The van der Waals surface area contributed by atoms with Crippen LogP contribution in [0.25, 0.3) is 0 Å². The van der Waals surface area contributed by atoms with Crippen molar-refractivity contribution in [2.24, 2.45) is 29.0 Å². The van der Waals surface area contributed by atoms with Crippen molar-refractivity contribution in [2.75, 3.05) is 18.9 Å². The molecule has 1 aromatic rings. The first-order chi connectivity index (χ1) is 18.7. The highest BCUT2D eigenvalue weighted by Gasteiger charge is 2.29. The molecule has 0 bridgehead atoms. The molecule has 0 saturated carbocycles. The zero-order chi connectivity index (χ0) is 31.0. The van der Waals surface area contributed by atoms with Crippen LogP contribution in [-0.2, 0) is 25.7 Å². The van der Waals surface area contributed by atoms with Gasteiger partial charge in [-0.05, 0) is 42.4 Å². The lowest BCUT2D eigenvalue weighted by Gasteiger charge is -2.27. The van der Waals surface area contributed by atoms with E-state index in [1.807, 2.05) is 13.8 Å². The summed E-state index contributed by atoms with van der Waals surface area (Å²) in [6.45, 7) is 11.3. The first kappa shape index (κ1) is 36.1. The predicted octanol–water partition coefficient (Wildman–Crippen LogP) is 1.65. The van der Waals surface area contributed by atoms with Gasteiger partial charge in [-0.15, -0.1) is 0 Å². The Labute approximate surface area is 236 Å². The van der Waals surface area contributed by atoms with Crippen molar-refractivity contribution in [3.05, 3.63) is 29.8 Å². The normalized spacial score (nSPS) is 12.8. The molecule has 0 aliphatic heterocycles. The minimum Gasteiger partial charge on any atom is -0.445 e. The van der Waals surface area contributed by atoms with Crippen molar-refractivity contribution >= 4 is 35.5 Å². The van der Waals surface area contributed by atoms with Crippen LogP contribution in [0.1, 0.15) is 59.9 Å². The summed E-state index contributed by atoms with van der Waals surface area (Å²) >= 11 is 0. The molecule has 9 N–H and O–H groups in total. The number of likely N-dealkylation sites (N-methyl/N-ethyl adjacent to an activating group) is 1. The third kappa shape index (κ3) is 12.8. The molecule has 13 heteroatoms. The van der Waals surface area contributed by atoms with E-state index in [-0.39, 0.29) is 31.4 Å². The molecule has 13 nitrogen and oxygen atoms in total. The number of carbonyl (C=O) groups excluding carboxylic acids is 5. The van der Waals surface area contributed by atoms with Crippen molar-refractivity contribution in [1.29, 1.82) is 0 Å². The van der Waals surface area contributed by atoms with Crippen LogP contribution in [0.3, 0.4) is 0 Å². The summed E-state index contributed by atoms with van der Waals surface area (Å²) in [7, 11) is 1.45. The largest absolute Gasteiger partial charge is 0.445 e. The number of hydrogen-bond donors (Lipinski definition) is 6. The lowest BCUT2D eigenvalue weighted by molar-refractivity contribution is -0.128. The van der Waals surface area contributed by atoms with E-state index in [4.69, 9.17) is 21.9 Å². The number of nitrogens with zero attached hydrogens (tertiary/aromatic N) is 1. The lowest BCUT2D eigenvalue weighted by Crippen LogP contribution is -2.51. The second-order valence-corrected chi connectivity index (χ2v) is 9.71. The zero-order valence-corrected chi connectivity index (χ0v) is 24.7. The van der Waals surface area contributed by atoms with Gasteiger partial charge < -0.3 is 37.9 Å². The van der Waals surface area contributed by atoms with Crippen LogP contribution in [0.5, 0.6) is 0 Å². The fourth-order valence-electron chi connectivity index (χ4n) is 3.60. The lowest BCUT2D eigenvalue weighted by atomic mass is 10.0. The van der Waals surface area contributed by atoms with Gasteiger partial charge in [0.2, 0.25) is 17.7 Å². The monoisotopic (exact) mass is 565 g/mol. The molecule has 3 atom stereocenters. The topological polar surface area (TPSA) is 212 Å². The molecule has 1 rings (SSSR count). The first-order valence-corrected chi connectivity index (χ1v) is 13.4. The molecular weight excluding hydrogens is 518 g/mol. The Kier molecular flexibility index (Phi) is 16.6. The summed E-state index contributed by atoms with van der Waals surface area (Å²) in [5.74, 6) is -1.84. The van der Waals surface area contributed by atoms with Gasteiger partial charge in [-0.2, -0.15) is 0 Å². The molecular formula is C27H47N7O6. The van der Waals surface area contributed by atoms with Gasteiger partial charge in [0.15, 0.2) is 0 Å². The minimum atomic E-state index is -0.891. The van der Waals surface area contributed by atoms with E-state index in [1.54, 1.807) is 52.0 Å². The van der Waals surface area contributed by atoms with Crippen molar-refractivity contribution in [1.82, 2.24) is 15.5 Å². The average Bonchev–Trinajstić information content (AvgIpc) is 2.89. The number of urea groups is 1. The van der Waals surface area contributed by atoms with Gasteiger partial charge in [-0.25, -0.2) is 9.59 Å². The molecule has 1 aromatic carbocycles. The van der Waals surface area contributed by atoms with E-state index in [9.17, 15) is 24.0 Å². The van der Waals surface area contributed by atoms with Gasteiger partial charge >= 0.3 is 12.1 Å². The van der Waals surface area contributed by atoms with E-state index in [2.05, 4.69) is 16.0 Å². The third-order valence-corrected chi connectivity index (χ3v) is 5.83. The number of anilines is 1. The Morgan fingerprint density at radius 1 is 0.925 bits per heavy atom. The maximum atomic E-state index is 12.9. The second kappa shape index (κ2) is 18.4. The fourth-order valence-corrected chi connectivity index (χ4v) is 3.60. The molecule has 0 radical (unpaired) electrons. The molecule has 6 amide bonds. The van der Waals surface area contributed by atoms with Crippen LogP contribution in [0.4, 0.5) is 15.3 Å². The van der Waals surface area contributed by atoms with E-state index < -0.39 is 48.0 Å². The fraction of sp³-hybridized carbons (Fsp3) is 0.593. The molecule has 0 saturated heterocycles. The standard InChI is InChI=1S/C25H41N7O6.C2H6/c1-14(2)19(26)23(35)31-18(7-6-12-29-24(28)36)22(34)30-17-10-8-16(9-11-17)13-38-25(37)32(5)20(15(3)4)21(27)33;1-2/h8-11,14-15,18-20H,6-7,12-13,26H2,1-5H3,(H2,27,33)(H,30,34)(H,31,35)(H3,28,29,36);1-2H3. The van der Waals surface area contributed by atoms with Crippen LogP contribution < -0.4 is 33.2 Å². The van der Waals surface area contributed by atoms with Gasteiger partial charge in [-0.1, -0.05) is 53.7 Å². The third-order valence-electron chi connectivity index (χ3n) is 5.83. The Morgan fingerprint density at radius 3 is 1.98 bits per heavy atom. The summed E-state index contributed by atoms with van der Waals surface area (Å²) in [6, 6.07) is 3.42. The van der Waals surface area contributed by atoms with Crippen molar-refractivity contribution < 1.29 is 28.7 Å². The van der Waals surface area contributed by atoms with Gasteiger partial charge in [0.05, 0.1) is 6.04 Å². The van der Waals surface area contributed by atoms with Gasteiger partial charge in [0, 0.05) is 19.3 Å². The molecule has 0 aliphatic carbocycles. The van der Waals surface area contributed by atoms with Crippen LogP contribution in [0, 0.1) is 11.8 Å². The second-order valence-electron chi connectivity index (χ2n) is 9.71. The molecule has 0 aromatic heterocycles. The number of benzene rings is 1.